The minimum Gasteiger partial charge on any atom is -0.338 e. The van der Waals surface area contributed by atoms with E-state index in [1.165, 1.54) is 25.7 Å². The van der Waals surface area contributed by atoms with Crippen LogP contribution in [0.4, 0.5) is 4.79 Å². The number of carbonyl (C=O) groups excluding carboxylic acids is 1. The monoisotopic (exact) mass is 288 g/mol. The molecule has 0 radical (unpaired) electrons. The summed E-state index contributed by atoms with van der Waals surface area (Å²) < 4.78 is 22.6. The fourth-order valence-electron chi connectivity index (χ4n) is 3.03. The van der Waals surface area contributed by atoms with E-state index in [-0.39, 0.29) is 28.9 Å². The highest BCUT2D eigenvalue weighted by molar-refractivity contribution is 7.91. The van der Waals surface area contributed by atoms with Gasteiger partial charge in [-0.1, -0.05) is 19.8 Å². The lowest BCUT2D eigenvalue weighted by molar-refractivity contribution is 0.230. The molecule has 110 valence electrons. The largest absolute Gasteiger partial charge is 0.338 e. The molecule has 0 unspecified atom stereocenters. The van der Waals surface area contributed by atoms with Crippen molar-refractivity contribution in [3.63, 3.8) is 0 Å². The SMILES string of the molecule is CC1(CNC(=O)NC[C@@H]2CCS(=O)(=O)C2)CCCC1. The van der Waals surface area contributed by atoms with Crippen LogP contribution >= 0.6 is 0 Å². The molecule has 2 rings (SSSR count). The normalized spacial score (nSPS) is 28.2. The predicted molar refractivity (Wildman–Crippen MR) is 74.7 cm³/mol. The number of carbonyl (C=O) groups is 1. The van der Waals surface area contributed by atoms with Crippen molar-refractivity contribution < 1.29 is 13.2 Å². The van der Waals surface area contributed by atoms with E-state index in [4.69, 9.17) is 0 Å². The first-order valence-corrected chi connectivity index (χ1v) is 8.93. The minimum atomic E-state index is -2.85. The Hall–Kier alpha value is -0.780. The molecule has 5 nitrogen and oxygen atoms in total. The summed E-state index contributed by atoms with van der Waals surface area (Å²) in [5.74, 6) is 0.558. The van der Waals surface area contributed by atoms with Crippen molar-refractivity contribution >= 4 is 15.9 Å². The maximum Gasteiger partial charge on any atom is 0.314 e. The lowest BCUT2D eigenvalue weighted by Crippen LogP contribution is -2.42. The van der Waals surface area contributed by atoms with Gasteiger partial charge in [-0.2, -0.15) is 0 Å². The van der Waals surface area contributed by atoms with Crippen molar-refractivity contribution in [2.24, 2.45) is 11.3 Å². The highest BCUT2D eigenvalue weighted by Gasteiger charge is 2.30. The summed E-state index contributed by atoms with van der Waals surface area (Å²) in [5, 5.41) is 5.70. The molecule has 6 heteroatoms. The van der Waals surface area contributed by atoms with E-state index in [2.05, 4.69) is 17.6 Å². The third kappa shape index (κ3) is 4.37. The predicted octanol–water partition coefficient (Wildman–Crippen LogP) is 1.30. The quantitative estimate of drug-likeness (QED) is 0.819. The van der Waals surface area contributed by atoms with Crippen LogP contribution in [0, 0.1) is 11.3 Å². The second-order valence-electron chi connectivity index (χ2n) is 6.35. The third-order valence-electron chi connectivity index (χ3n) is 4.36. The van der Waals surface area contributed by atoms with Crippen molar-refractivity contribution in [1.82, 2.24) is 10.6 Å². The molecule has 1 saturated heterocycles. The molecule has 0 aromatic rings. The Balaban J connectivity index is 1.65. The number of nitrogens with one attached hydrogen (secondary N) is 2. The van der Waals surface area contributed by atoms with Crippen molar-refractivity contribution in [1.29, 1.82) is 0 Å². The van der Waals surface area contributed by atoms with Crippen LogP contribution in [-0.4, -0.2) is 39.0 Å². The molecule has 2 fully saturated rings. The van der Waals surface area contributed by atoms with Gasteiger partial charge in [-0.3, -0.25) is 0 Å². The average Bonchev–Trinajstić information content (AvgIpc) is 2.91. The molecular formula is C13H24N2O3S. The Morgan fingerprint density at radius 3 is 2.53 bits per heavy atom. The van der Waals surface area contributed by atoms with Crippen LogP contribution in [0.5, 0.6) is 0 Å². The molecular weight excluding hydrogens is 264 g/mol. The number of rotatable bonds is 4. The van der Waals surface area contributed by atoms with Gasteiger partial charge in [0.25, 0.3) is 0 Å². The Morgan fingerprint density at radius 2 is 1.95 bits per heavy atom. The number of sulfone groups is 1. The first-order valence-electron chi connectivity index (χ1n) is 7.11. The maximum absolute atomic E-state index is 11.7. The summed E-state index contributed by atoms with van der Waals surface area (Å²) in [6.07, 6.45) is 5.52. The van der Waals surface area contributed by atoms with E-state index < -0.39 is 9.84 Å². The summed E-state index contributed by atoms with van der Waals surface area (Å²) in [7, 11) is -2.85. The zero-order valence-corrected chi connectivity index (χ0v) is 12.4. The highest BCUT2D eigenvalue weighted by Crippen LogP contribution is 2.36. The fraction of sp³-hybridized carbons (Fsp3) is 0.923. The van der Waals surface area contributed by atoms with Gasteiger partial charge in [0.1, 0.15) is 0 Å². The fourth-order valence-corrected chi connectivity index (χ4v) is 4.89. The second-order valence-corrected chi connectivity index (χ2v) is 8.58. The maximum atomic E-state index is 11.7. The molecule has 0 spiro atoms. The zero-order chi connectivity index (χ0) is 13.9. The van der Waals surface area contributed by atoms with Crippen molar-refractivity contribution in [3.8, 4) is 0 Å². The van der Waals surface area contributed by atoms with Crippen molar-refractivity contribution in [2.45, 2.75) is 39.0 Å². The van der Waals surface area contributed by atoms with Crippen LogP contribution in [0.15, 0.2) is 0 Å². The summed E-state index contributed by atoms with van der Waals surface area (Å²) >= 11 is 0. The van der Waals surface area contributed by atoms with Crippen LogP contribution in [0.1, 0.15) is 39.0 Å². The number of amides is 2. The molecule has 0 aromatic heterocycles. The van der Waals surface area contributed by atoms with Gasteiger partial charge in [0, 0.05) is 13.1 Å². The summed E-state index contributed by atoms with van der Waals surface area (Å²) in [6, 6.07) is -0.169. The number of hydrogen-bond acceptors (Lipinski definition) is 3. The molecule has 1 aliphatic heterocycles. The van der Waals surface area contributed by atoms with Gasteiger partial charge in [0.05, 0.1) is 11.5 Å². The lowest BCUT2D eigenvalue weighted by atomic mass is 9.89. The van der Waals surface area contributed by atoms with E-state index >= 15 is 0 Å². The minimum absolute atomic E-state index is 0.0813. The van der Waals surface area contributed by atoms with Gasteiger partial charge in [-0.25, -0.2) is 13.2 Å². The summed E-state index contributed by atoms with van der Waals surface area (Å²) in [6.45, 7) is 3.38. The van der Waals surface area contributed by atoms with Crippen LogP contribution in [0.3, 0.4) is 0 Å². The number of hydrogen-bond donors (Lipinski definition) is 2. The van der Waals surface area contributed by atoms with Crippen LogP contribution in [0.2, 0.25) is 0 Å². The number of urea groups is 1. The van der Waals surface area contributed by atoms with Crippen LogP contribution in [-0.2, 0) is 9.84 Å². The first-order chi connectivity index (χ1) is 8.89. The molecule has 2 amide bonds. The Kier molecular flexibility index (Phi) is 4.38. The van der Waals surface area contributed by atoms with Crippen LogP contribution in [0.25, 0.3) is 0 Å². The molecule has 1 saturated carbocycles. The van der Waals surface area contributed by atoms with E-state index in [0.29, 0.717) is 19.5 Å². The van der Waals surface area contributed by atoms with Crippen LogP contribution < -0.4 is 10.6 Å². The van der Waals surface area contributed by atoms with Gasteiger partial charge in [-0.15, -0.1) is 0 Å². The molecule has 2 N–H and O–H groups in total. The molecule has 1 atom stereocenters. The summed E-state index contributed by atoms with van der Waals surface area (Å²) in [4.78, 5) is 11.7. The molecule has 1 heterocycles. The van der Waals surface area contributed by atoms with E-state index in [0.717, 1.165) is 0 Å². The van der Waals surface area contributed by atoms with Crippen molar-refractivity contribution in [2.75, 3.05) is 24.6 Å². The lowest BCUT2D eigenvalue weighted by Gasteiger charge is -2.23. The highest BCUT2D eigenvalue weighted by atomic mass is 32.2. The standard InChI is InChI=1S/C13H24N2O3S/c1-13(5-2-3-6-13)10-15-12(16)14-8-11-4-7-19(17,18)9-11/h11H,2-10H2,1H3,(H2,14,15,16)/t11-/m0/s1. The van der Waals surface area contributed by atoms with E-state index in [1.54, 1.807) is 0 Å². The Bertz CT molecular complexity index is 427. The molecule has 1 aliphatic carbocycles. The Morgan fingerprint density at radius 1 is 1.26 bits per heavy atom. The van der Waals surface area contributed by atoms with Gasteiger partial charge < -0.3 is 10.6 Å². The zero-order valence-electron chi connectivity index (χ0n) is 11.6. The smallest absolute Gasteiger partial charge is 0.314 e. The first kappa shape index (κ1) is 14.6. The molecule has 2 aliphatic rings. The van der Waals surface area contributed by atoms with Gasteiger partial charge >= 0.3 is 6.03 Å². The van der Waals surface area contributed by atoms with Crippen molar-refractivity contribution in [3.05, 3.63) is 0 Å². The molecule has 0 aromatic carbocycles. The van der Waals surface area contributed by atoms with Gasteiger partial charge in [-0.05, 0) is 30.6 Å². The second kappa shape index (κ2) is 5.69. The Labute approximate surface area is 115 Å². The topological polar surface area (TPSA) is 75.3 Å². The van der Waals surface area contributed by atoms with Gasteiger partial charge in [0.15, 0.2) is 9.84 Å². The molecule has 0 bridgehead atoms. The third-order valence-corrected chi connectivity index (χ3v) is 6.20. The van der Waals surface area contributed by atoms with E-state index in [9.17, 15) is 13.2 Å². The van der Waals surface area contributed by atoms with Gasteiger partial charge in [0.2, 0.25) is 0 Å². The average molecular weight is 288 g/mol. The molecule has 19 heavy (non-hydrogen) atoms. The summed E-state index contributed by atoms with van der Waals surface area (Å²) in [5.41, 5.74) is 0.244. The van der Waals surface area contributed by atoms with E-state index in [1.807, 2.05) is 0 Å².